The molecule has 1 atom stereocenters. The topological polar surface area (TPSA) is 83.1 Å². The van der Waals surface area contributed by atoms with Crippen molar-refractivity contribution in [2.75, 3.05) is 13.2 Å². The zero-order chi connectivity index (χ0) is 21.4. The fraction of sp³-hybridized carbons (Fsp3) is 0.429. The standard InChI is InChI=1S/C21H26ClNO6/c1-5-10-16-19(29-21(25)27-7-3)17(14-11-8-9-12-15(14)22)18(13(4)23-16)28-20(24)26-6-2/h8-9,11-12,17,23H,5-7,10H2,1-4H3. The molecule has 0 aromatic heterocycles. The number of benzene rings is 1. The number of hydrogen-bond acceptors (Lipinski definition) is 7. The number of ether oxygens (including phenoxy) is 4. The fourth-order valence-electron chi connectivity index (χ4n) is 3.02. The molecule has 0 saturated carbocycles. The van der Waals surface area contributed by atoms with Crippen molar-refractivity contribution in [2.45, 2.75) is 46.5 Å². The smallest absolute Gasteiger partial charge is 0.434 e. The van der Waals surface area contributed by atoms with Crippen molar-refractivity contribution in [1.29, 1.82) is 0 Å². The van der Waals surface area contributed by atoms with E-state index in [-0.39, 0.29) is 24.7 Å². The molecule has 0 spiro atoms. The van der Waals surface area contributed by atoms with Gasteiger partial charge in [0.15, 0.2) is 0 Å². The Labute approximate surface area is 175 Å². The van der Waals surface area contributed by atoms with Crippen LogP contribution in [0.4, 0.5) is 9.59 Å². The van der Waals surface area contributed by atoms with Gasteiger partial charge in [-0.15, -0.1) is 0 Å². The molecule has 29 heavy (non-hydrogen) atoms. The molecule has 158 valence electrons. The summed E-state index contributed by atoms with van der Waals surface area (Å²) in [7, 11) is 0. The molecule has 1 N–H and O–H groups in total. The quantitative estimate of drug-likeness (QED) is 0.570. The molecule has 0 fully saturated rings. The third kappa shape index (κ3) is 5.67. The average molecular weight is 424 g/mol. The lowest BCUT2D eigenvalue weighted by Gasteiger charge is -2.31. The fourth-order valence-corrected chi connectivity index (χ4v) is 3.26. The Morgan fingerprint density at radius 3 is 2.14 bits per heavy atom. The average Bonchev–Trinajstić information content (AvgIpc) is 2.67. The Bertz CT molecular complexity index is 817. The van der Waals surface area contributed by atoms with Crippen LogP contribution in [-0.4, -0.2) is 25.5 Å². The van der Waals surface area contributed by atoms with Crippen molar-refractivity contribution in [2.24, 2.45) is 0 Å². The van der Waals surface area contributed by atoms with Gasteiger partial charge in [0.05, 0.1) is 24.6 Å². The molecule has 0 amide bonds. The second-order valence-corrected chi connectivity index (χ2v) is 6.64. The van der Waals surface area contributed by atoms with Crippen LogP contribution in [0.1, 0.15) is 52.0 Å². The number of dihydropyridines is 1. The SMILES string of the molecule is CCCC1=C(OC(=O)OCC)C(c2ccccc2Cl)C(OC(=O)OCC)=C(C)N1. The van der Waals surface area contributed by atoms with Gasteiger partial charge in [-0.1, -0.05) is 43.1 Å². The molecule has 0 bridgehead atoms. The van der Waals surface area contributed by atoms with Crippen molar-refractivity contribution >= 4 is 23.9 Å². The molecule has 1 aromatic rings. The zero-order valence-corrected chi connectivity index (χ0v) is 17.8. The molecular weight excluding hydrogens is 398 g/mol. The Hall–Kier alpha value is -2.67. The summed E-state index contributed by atoms with van der Waals surface area (Å²) in [6, 6.07) is 7.11. The highest BCUT2D eigenvalue weighted by molar-refractivity contribution is 6.31. The monoisotopic (exact) mass is 423 g/mol. The van der Waals surface area contributed by atoms with Gasteiger partial charge in [0.25, 0.3) is 0 Å². The van der Waals surface area contributed by atoms with Crippen molar-refractivity contribution < 1.29 is 28.5 Å². The number of hydrogen-bond donors (Lipinski definition) is 1. The van der Waals surface area contributed by atoms with Crippen molar-refractivity contribution in [1.82, 2.24) is 5.32 Å². The maximum absolute atomic E-state index is 12.1. The summed E-state index contributed by atoms with van der Waals surface area (Å²) in [6.07, 6.45) is -0.283. The third-order valence-corrected chi connectivity index (χ3v) is 4.50. The van der Waals surface area contributed by atoms with Crippen LogP contribution in [0.3, 0.4) is 0 Å². The van der Waals surface area contributed by atoms with E-state index in [1.54, 1.807) is 39.0 Å². The number of halogens is 1. The van der Waals surface area contributed by atoms with E-state index in [1.165, 1.54) is 0 Å². The number of rotatable bonds is 7. The molecule has 0 radical (unpaired) electrons. The van der Waals surface area contributed by atoms with Gasteiger partial charge in [-0.3, -0.25) is 0 Å². The van der Waals surface area contributed by atoms with Crippen LogP contribution in [0.15, 0.2) is 47.2 Å². The summed E-state index contributed by atoms with van der Waals surface area (Å²) in [5.74, 6) is -0.195. The van der Waals surface area contributed by atoms with E-state index in [4.69, 9.17) is 30.5 Å². The highest BCUT2D eigenvalue weighted by Gasteiger charge is 2.37. The molecule has 1 aromatic carbocycles. The molecule has 1 heterocycles. The minimum atomic E-state index is -0.852. The van der Waals surface area contributed by atoms with Crippen LogP contribution in [0, 0.1) is 0 Å². The third-order valence-electron chi connectivity index (χ3n) is 4.16. The summed E-state index contributed by atoms with van der Waals surface area (Å²) in [6.45, 7) is 7.48. The second kappa shape index (κ2) is 10.8. The molecule has 7 nitrogen and oxygen atoms in total. The minimum Gasteiger partial charge on any atom is -0.434 e. The van der Waals surface area contributed by atoms with Crippen molar-refractivity contribution in [3.8, 4) is 0 Å². The first kappa shape index (κ1) is 22.6. The number of nitrogens with one attached hydrogen (secondary N) is 1. The number of carbonyl (C=O) groups is 2. The van der Waals surface area contributed by atoms with Crippen LogP contribution < -0.4 is 5.32 Å². The Balaban J connectivity index is 2.59. The molecule has 8 heteroatoms. The van der Waals surface area contributed by atoms with Gasteiger partial charge >= 0.3 is 12.3 Å². The van der Waals surface area contributed by atoms with Gasteiger partial charge in [-0.2, -0.15) is 0 Å². The Morgan fingerprint density at radius 2 is 1.59 bits per heavy atom. The van der Waals surface area contributed by atoms with Crippen LogP contribution in [0.25, 0.3) is 0 Å². The van der Waals surface area contributed by atoms with Gasteiger partial charge in [-0.25, -0.2) is 9.59 Å². The predicted molar refractivity (Wildman–Crippen MR) is 108 cm³/mol. The summed E-state index contributed by atoms with van der Waals surface area (Å²) >= 11 is 6.45. The highest BCUT2D eigenvalue weighted by Crippen LogP contribution is 2.42. The maximum atomic E-state index is 12.1. The van der Waals surface area contributed by atoms with E-state index in [0.717, 1.165) is 6.42 Å². The number of allylic oxidation sites excluding steroid dienone is 2. The highest BCUT2D eigenvalue weighted by atomic mass is 35.5. The second-order valence-electron chi connectivity index (χ2n) is 6.23. The lowest BCUT2D eigenvalue weighted by Crippen LogP contribution is -2.30. The first-order chi connectivity index (χ1) is 13.9. The molecule has 0 aliphatic carbocycles. The molecular formula is C21H26ClNO6. The van der Waals surface area contributed by atoms with Crippen LogP contribution in [-0.2, 0) is 18.9 Å². The molecule has 0 saturated heterocycles. The van der Waals surface area contributed by atoms with E-state index in [0.29, 0.717) is 28.4 Å². The summed E-state index contributed by atoms with van der Waals surface area (Å²) < 4.78 is 21.0. The van der Waals surface area contributed by atoms with Crippen LogP contribution >= 0.6 is 11.6 Å². The van der Waals surface area contributed by atoms with E-state index < -0.39 is 18.2 Å². The normalized spacial score (nSPS) is 16.2. The predicted octanol–water partition coefficient (Wildman–Crippen LogP) is 5.62. The van der Waals surface area contributed by atoms with Crippen molar-refractivity contribution in [3.63, 3.8) is 0 Å². The van der Waals surface area contributed by atoms with Gasteiger partial charge in [0, 0.05) is 5.02 Å². The van der Waals surface area contributed by atoms with Gasteiger partial charge in [-0.05, 0) is 38.8 Å². The largest absolute Gasteiger partial charge is 0.513 e. The molecule has 1 unspecified atom stereocenters. The van der Waals surface area contributed by atoms with Crippen LogP contribution in [0.5, 0.6) is 0 Å². The molecule has 1 aliphatic heterocycles. The Kier molecular flexibility index (Phi) is 8.39. The molecule has 2 rings (SSSR count). The van der Waals surface area contributed by atoms with Gasteiger partial charge in [0.2, 0.25) is 0 Å². The lowest BCUT2D eigenvalue weighted by atomic mass is 9.89. The molecule has 1 aliphatic rings. The van der Waals surface area contributed by atoms with E-state index in [2.05, 4.69) is 5.32 Å². The summed E-state index contributed by atoms with van der Waals surface area (Å²) in [5.41, 5.74) is 1.92. The summed E-state index contributed by atoms with van der Waals surface area (Å²) in [4.78, 5) is 24.2. The van der Waals surface area contributed by atoms with E-state index >= 15 is 0 Å². The zero-order valence-electron chi connectivity index (χ0n) is 17.0. The minimum absolute atomic E-state index is 0.165. The maximum Gasteiger partial charge on any atom is 0.513 e. The summed E-state index contributed by atoms with van der Waals surface area (Å²) in [5, 5.41) is 3.62. The Morgan fingerprint density at radius 1 is 1.00 bits per heavy atom. The van der Waals surface area contributed by atoms with E-state index in [9.17, 15) is 9.59 Å². The van der Waals surface area contributed by atoms with Gasteiger partial charge < -0.3 is 24.3 Å². The van der Waals surface area contributed by atoms with Crippen LogP contribution in [0.2, 0.25) is 5.02 Å². The first-order valence-corrected chi connectivity index (χ1v) is 9.95. The number of carbonyl (C=O) groups excluding carboxylic acids is 2. The van der Waals surface area contributed by atoms with Gasteiger partial charge in [0.1, 0.15) is 17.4 Å². The first-order valence-electron chi connectivity index (χ1n) is 9.57. The van der Waals surface area contributed by atoms with E-state index in [1.807, 2.05) is 13.0 Å². The van der Waals surface area contributed by atoms with Crippen molar-refractivity contribution in [3.05, 3.63) is 57.8 Å². The lowest BCUT2D eigenvalue weighted by molar-refractivity contribution is 0.0646.